The molecule has 3 aromatic rings. The minimum atomic E-state index is -0.0455. The van der Waals surface area contributed by atoms with Gasteiger partial charge in [-0.3, -0.25) is 9.48 Å². The summed E-state index contributed by atoms with van der Waals surface area (Å²) in [6.45, 7) is 2.84. The number of hydrogen-bond acceptors (Lipinski definition) is 3. The first-order valence-electron chi connectivity index (χ1n) is 7.49. The van der Waals surface area contributed by atoms with Crippen LogP contribution in [0.4, 0.5) is 0 Å². The number of nitrogens with zero attached hydrogens (tertiary/aromatic N) is 3. The molecule has 0 atom stereocenters. The van der Waals surface area contributed by atoms with Crippen molar-refractivity contribution in [2.24, 2.45) is 7.05 Å². The minimum Gasteiger partial charge on any atom is -0.467 e. The van der Waals surface area contributed by atoms with Gasteiger partial charge in [0.15, 0.2) is 0 Å². The molecule has 1 amide bonds. The number of carbonyl (C=O) groups is 1. The molecule has 0 saturated heterocycles. The van der Waals surface area contributed by atoms with E-state index in [1.807, 2.05) is 56.4 Å². The Morgan fingerprint density at radius 1 is 1.17 bits per heavy atom. The van der Waals surface area contributed by atoms with Crippen molar-refractivity contribution >= 4 is 5.91 Å². The van der Waals surface area contributed by atoms with E-state index in [9.17, 15) is 4.79 Å². The minimum absolute atomic E-state index is 0.0455. The van der Waals surface area contributed by atoms with Gasteiger partial charge < -0.3 is 9.32 Å². The Morgan fingerprint density at radius 3 is 2.57 bits per heavy atom. The van der Waals surface area contributed by atoms with Crippen LogP contribution in [-0.2, 0) is 20.1 Å². The lowest BCUT2D eigenvalue weighted by molar-refractivity contribution is 0.0717. The van der Waals surface area contributed by atoms with Crippen molar-refractivity contribution in [2.75, 3.05) is 0 Å². The molecule has 118 valence electrons. The van der Waals surface area contributed by atoms with Gasteiger partial charge >= 0.3 is 0 Å². The highest BCUT2D eigenvalue weighted by molar-refractivity contribution is 5.95. The van der Waals surface area contributed by atoms with Crippen molar-refractivity contribution in [2.45, 2.75) is 20.0 Å². The number of benzene rings is 1. The molecule has 0 aliphatic rings. The average Bonchev–Trinajstić information content (AvgIpc) is 3.18. The van der Waals surface area contributed by atoms with Gasteiger partial charge in [-0.2, -0.15) is 5.10 Å². The number of carbonyl (C=O) groups excluding carboxylic acids is 1. The smallest absolute Gasteiger partial charge is 0.258 e. The number of rotatable bonds is 5. The molecule has 1 aromatic carbocycles. The highest BCUT2D eigenvalue weighted by Crippen LogP contribution is 2.16. The van der Waals surface area contributed by atoms with E-state index >= 15 is 0 Å². The highest BCUT2D eigenvalue weighted by atomic mass is 16.3. The number of aryl methyl sites for hydroxylation is 1. The normalized spacial score (nSPS) is 10.7. The molecular formula is C18H19N3O2. The zero-order valence-corrected chi connectivity index (χ0v) is 13.3. The standard InChI is InChI=1S/C18H19N3O2/c1-14-17(11-19-20(14)2)18(22)21(13-16-9-6-10-23-16)12-15-7-4-3-5-8-15/h3-11H,12-13H2,1-2H3. The van der Waals surface area contributed by atoms with Crippen LogP contribution in [0.5, 0.6) is 0 Å². The summed E-state index contributed by atoms with van der Waals surface area (Å²) < 4.78 is 7.12. The Bertz CT molecular complexity index is 776. The Labute approximate surface area is 135 Å². The molecular weight excluding hydrogens is 290 g/mol. The second kappa shape index (κ2) is 6.52. The van der Waals surface area contributed by atoms with Crippen molar-refractivity contribution in [1.82, 2.24) is 14.7 Å². The SMILES string of the molecule is Cc1c(C(=O)N(Cc2ccccc2)Cc2ccco2)cnn1C. The number of aromatic nitrogens is 2. The molecule has 0 aliphatic carbocycles. The molecule has 0 aliphatic heterocycles. The van der Waals surface area contributed by atoms with E-state index in [4.69, 9.17) is 4.42 Å². The van der Waals surface area contributed by atoms with Crippen LogP contribution < -0.4 is 0 Å². The molecule has 0 radical (unpaired) electrons. The van der Waals surface area contributed by atoms with Crippen LogP contribution in [0.1, 0.15) is 27.4 Å². The maximum absolute atomic E-state index is 12.9. The van der Waals surface area contributed by atoms with Crippen LogP contribution in [0.25, 0.3) is 0 Å². The summed E-state index contributed by atoms with van der Waals surface area (Å²) in [5, 5.41) is 4.17. The van der Waals surface area contributed by atoms with Gasteiger partial charge in [0.1, 0.15) is 5.76 Å². The van der Waals surface area contributed by atoms with E-state index in [-0.39, 0.29) is 5.91 Å². The van der Waals surface area contributed by atoms with E-state index in [1.165, 1.54) is 0 Å². The average molecular weight is 309 g/mol. The van der Waals surface area contributed by atoms with Crippen LogP contribution in [0, 0.1) is 6.92 Å². The lowest BCUT2D eigenvalue weighted by atomic mass is 10.1. The van der Waals surface area contributed by atoms with E-state index in [0.29, 0.717) is 18.7 Å². The van der Waals surface area contributed by atoms with Gasteiger partial charge in [-0.1, -0.05) is 30.3 Å². The lowest BCUT2D eigenvalue weighted by Crippen LogP contribution is -2.30. The number of hydrogen-bond donors (Lipinski definition) is 0. The van der Waals surface area contributed by atoms with Crippen LogP contribution in [-0.4, -0.2) is 20.6 Å². The topological polar surface area (TPSA) is 51.3 Å². The zero-order valence-electron chi connectivity index (χ0n) is 13.3. The highest BCUT2D eigenvalue weighted by Gasteiger charge is 2.21. The molecule has 5 heteroatoms. The van der Waals surface area contributed by atoms with Crippen molar-refractivity contribution in [3.05, 3.63) is 77.5 Å². The second-order valence-corrected chi connectivity index (χ2v) is 5.49. The third kappa shape index (κ3) is 3.34. The fourth-order valence-corrected chi connectivity index (χ4v) is 2.47. The monoisotopic (exact) mass is 309 g/mol. The predicted molar refractivity (Wildman–Crippen MR) is 86.7 cm³/mol. The van der Waals surface area contributed by atoms with Crippen LogP contribution >= 0.6 is 0 Å². The van der Waals surface area contributed by atoms with Gasteiger partial charge in [-0.15, -0.1) is 0 Å². The Hall–Kier alpha value is -2.82. The maximum atomic E-state index is 12.9. The summed E-state index contributed by atoms with van der Waals surface area (Å²) in [6.07, 6.45) is 3.24. The summed E-state index contributed by atoms with van der Waals surface area (Å²) in [4.78, 5) is 14.7. The third-order valence-corrected chi connectivity index (χ3v) is 3.90. The first-order chi connectivity index (χ1) is 11.1. The zero-order chi connectivity index (χ0) is 16.2. The maximum Gasteiger partial charge on any atom is 0.258 e. The molecule has 2 heterocycles. The largest absolute Gasteiger partial charge is 0.467 e. The fraction of sp³-hybridized carbons (Fsp3) is 0.222. The van der Waals surface area contributed by atoms with E-state index in [0.717, 1.165) is 17.0 Å². The second-order valence-electron chi connectivity index (χ2n) is 5.49. The molecule has 0 N–H and O–H groups in total. The first kappa shape index (κ1) is 15.1. The molecule has 5 nitrogen and oxygen atoms in total. The predicted octanol–water partition coefficient (Wildman–Crippen LogP) is 3.16. The summed E-state index contributed by atoms with van der Waals surface area (Å²) >= 11 is 0. The Kier molecular flexibility index (Phi) is 4.28. The van der Waals surface area contributed by atoms with Gasteiger partial charge in [0.25, 0.3) is 5.91 Å². The summed E-state index contributed by atoms with van der Waals surface area (Å²) in [7, 11) is 1.83. The van der Waals surface area contributed by atoms with Gasteiger partial charge in [0.2, 0.25) is 0 Å². The molecule has 3 rings (SSSR count). The van der Waals surface area contributed by atoms with Crippen LogP contribution in [0.15, 0.2) is 59.3 Å². The molecule has 2 aromatic heterocycles. The van der Waals surface area contributed by atoms with Crippen LogP contribution in [0.3, 0.4) is 0 Å². The summed E-state index contributed by atoms with van der Waals surface area (Å²) in [5.41, 5.74) is 2.55. The van der Waals surface area contributed by atoms with Crippen LogP contribution in [0.2, 0.25) is 0 Å². The van der Waals surface area contributed by atoms with Crippen molar-refractivity contribution in [1.29, 1.82) is 0 Å². The first-order valence-corrected chi connectivity index (χ1v) is 7.49. The van der Waals surface area contributed by atoms with Crippen molar-refractivity contribution < 1.29 is 9.21 Å². The van der Waals surface area contributed by atoms with Gasteiger partial charge in [0.05, 0.1) is 24.6 Å². The number of furan rings is 1. The Balaban J connectivity index is 1.87. The summed E-state index contributed by atoms with van der Waals surface area (Å²) in [5.74, 6) is 0.715. The molecule has 0 spiro atoms. The molecule has 0 bridgehead atoms. The van der Waals surface area contributed by atoms with Gasteiger partial charge in [0, 0.05) is 19.3 Å². The Morgan fingerprint density at radius 2 is 1.96 bits per heavy atom. The van der Waals surface area contributed by atoms with E-state index < -0.39 is 0 Å². The molecule has 0 unspecified atom stereocenters. The van der Waals surface area contributed by atoms with Crippen molar-refractivity contribution in [3.63, 3.8) is 0 Å². The summed E-state index contributed by atoms with van der Waals surface area (Å²) in [6, 6.07) is 13.6. The molecule has 0 saturated carbocycles. The number of amides is 1. The van der Waals surface area contributed by atoms with Gasteiger partial charge in [-0.25, -0.2) is 0 Å². The third-order valence-electron chi connectivity index (χ3n) is 3.90. The lowest BCUT2D eigenvalue weighted by Gasteiger charge is -2.21. The fourth-order valence-electron chi connectivity index (χ4n) is 2.47. The molecule has 23 heavy (non-hydrogen) atoms. The quantitative estimate of drug-likeness (QED) is 0.727. The molecule has 0 fully saturated rings. The van der Waals surface area contributed by atoms with Gasteiger partial charge in [-0.05, 0) is 24.6 Å². The van der Waals surface area contributed by atoms with E-state index in [2.05, 4.69) is 5.10 Å². The van der Waals surface area contributed by atoms with Crippen molar-refractivity contribution in [3.8, 4) is 0 Å². The van der Waals surface area contributed by atoms with E-state index in [1.54, 1.807) is 22.0 Å².